The number of amides is 1. The lowest BCUT2D eigenvalue weighted by Crippen LogP contribution is -2.80. The van der Waals surface area contributed by atoms with E-state index in [0.717, 1.165) is 6.42 Å². The van der Waals surface area contributed by atoms with Crippen molar-refractivity contribution in [1.82, 2.24) is 5.32 Å². The van der Waals surface area contributed by atoms with Gasteiger partial charge in [0, 0.05) is 24.0 Å². The van der Waals surface area contributed by atoms with Gasteiger partial charge in [-0.05, 0) is 13.3 Å². The average Bonchev–Trinajstić information content (AvgIpc) is 2.75. The van der Waals surface area contributed by atoms with E-state index in [9.17, 15) is 4.79 Å². The van der Waals surface area contributed by atoms with Gasteiger partial charge >= 0.3 is 0 Å². The van der Waals surface area contributed by atoms with Crippen LogP contribution in [0.25, 0.3) is 0 Å². The topological polar surface area (TPSA) is 64.4 Å². The molecule has 1 heterocycles. The number of fused-ring (bicyclic) bond motifs is 1. The van der Waals surface area contributed by atoms with Crippen molar-refractivity contribution < 1.29 is 9.53 Å². The fraction of sp³-hybridized carbons (Fsp3) is 0.769. The second-order valence-corrected chi connectivity index (χ2v) is 5.78. The van der Waals surface area contributed by atoms with Gasteiger partial charge in [-0.15, -0.1) is 6.58 Å². The van der Waals surface area contributed by atoms with Crippen LogP contribution in [0.2, 0.25) is 0 Å². The first-order valence-corrected chi connectivity index (χ1v) is 6.19. The van der Waals surface area contributed by atoms with Crippen LogP contribution in [0.3, 0.4) is 0 Å². The van der Waals surface area contributed by atoms with E-state index < -0.39 is 5.54 Å². The minimum Gasteiger partial charge on any atom is -0.377 e. The Labute approximate surface area is 103 Å². The third-order valence-electron chi connectivity index (χ3n) is 4.54. The van der Waals surface area contributed by atoms with E-state index in [2.05, 4.69) is 11.9 Å². The molecule has 4 nitrogen and oxygen atoms in total. The van der Waals surface area contributed by atoms with Crippen molar-refractivity contribution in [3.8, 4) is 0 Å². The first kappa shape index (κ1) is 12.6. The van der Waals surface area contributed by atoms with Crippen LogP contribution in [0.1, 0.15) is 27.2 Å². The highest BCUT2D eigenvalue weighted by Gasteiger charge is 2.71. The number of rotatable bonds is 3. The lowest BCUT2D eigenvalue weighted by Gasteiger charge is -2.60. The van der Waals surface area contributed by atoms with Crippen LogP contribution in [0, 0.1) is 11.3 Å². The van der Waals surface area contributed by atoms with Gasteiger partial charge in [0.05, 0.1) is 6.10 Å². The van der Waals surface area contributed by atoms with Crippen molar-refractivity contribution in [3.05, 3.63) is 12.7 Å². The highest BCUT2D eigenvalue weighted by atomic mass is 16.5. The fourth-order valence-corrected chi connectivity index (χ4v) is 3.23. The van der Waals surface area contributed by atoms with Crippen molar-refractivity contribution in [2.45, 2.75) is 44.9 Å². The molecule has 4 heteroatoms. The van der Waals surface area contributed by atoms with E-state index in [4.69, 9.17) is 10.5 Å². The molecule has 0 aromatic carbocycles. The molecule has 1 saturated carbocycles. The number of hydrogen-bond acceptors (Lipinski definition) is 3. The highest BCUT2D eigenvalue weighted by molar-refractivity contribution is 5.90. The standard InChI is InChI=1S/C13H22N2O2/c1-5-8(2)15-11(16)13(14)9-6-7-17-10(9)12(13,3)4/h5,8-10H,1,6-7,14H2,2-4H3,(H,15,16). The summed E-state index contributed by atoms with van der Waals surface area (Å²) in [5.41, 5.74) is 5.27. The van der Waals surface area contributed by atoms with Crippen LogP contribution in [0.5, 0.6) is 0 Å². The first-order valence-electron chi connectivity index (χ1n) is 6.19. The predicted octanol–water partition coefficient (Wildman–Crippen LogP) is 0.819. The number of carbonyl (C=O) groups is 1. The van der Waals surface area contributed by atoms with Crippen LogP contribution >= 0.6 is 0 Å². The van der Waals surface area contributed by atoms with Crippen molar-refractivity contribution in [2.24, 2.45) is 17.1 Å². The summed E-state index contributed by atoms with van der Waals surface area (Å²) >= 11 is 0. The smallest absolute Gasteiger partial charge is 0.241 e. The van der Waals surface area contributed by atoms with Crippen molar-refractivity contribution in [1.29, 1.82) is 0 Å². The Morgan fingerprint density at radius 2 is 2.29 bits per heavy atom. The summed E-state index contributed by atoms with van der Waals surface area (Å²) in [5.74, 6) is 0.0659. The summed E-state index contributed by atoms with van der Waals surface area (Å²) in [4.78, 5) is 12.3. The van der Waals surface area contributed by atoms with Gasteiger partial charge in [0.1, 0.15) is 5.54 Å². The molecular weight excluding hydrogens is 216 g/mol. The molecule has 17 heavy (non-hydrogen) atoms. The summed E-state index contributed by atoms with van der Waals surface area (Å²) in [6.45, 7) is 10.3. The SMILES string of the molecule is C=CC(C)NC(=O)C1(N)C2CCOC2C1(C)C. The first-order chi connectivity index (χ1) is 7.85. The van der Waals surface area contributed by atoms with Crippen LogP contribution in [-0.2, 0) is 9.53 Å². The minimum atomic E-state index is -0.814. The Bertz CT molecular complexity index is 353. The maximum absolute atomic E-state index is 12.3. The predicted molar refractivity (Wildman–Crippen MR) is 66.3 cm³/mol. The summed E-state index contributed by atoms with van der Waals surface area (Å²) in [7, 11) is 0. The minimum absolute atomic E-state index is 0.0555. The van der Waals surface area contributed by atoms with E-state index in [0.29, 0.717) is 6.61 Å². The van der Waals surface area contributed by atoms with Crippen LogP contribution in [-0.4, -0.2) is 30.2 Å². The maximum Gasteiger partial charge on any atom is 0.241 e. The summed E-state index contributed by atoms with van der Waals surface area (Å²) in [6.07, 6.45) is 2.70. The van der Waals surface area contributed by atoms with Gasteiger partial charge in [-0.3, -0.25) is 4.79 Å². The van der Waals surface area contributed by atoms with Gasteiger partial charge in [0.25, 0.3) is 0 Å². The second-order valence-electron chi connectivity index (χ2n) is 5.78. The normalized spacial score (nSPS) is 40.0. The van der Waals surface area contributed by atoms with Gasteiger partial charge in [0.2, 0.25) is 5.91 Å². The Morgan fingerprint density at radius 3 is 2.88 bits per heavy atom. The van der Waals surface area contributed by atoms with Gasteiger partial charge in [-0.25, -0.2) is 0 Å². The third-order valence-corrected chi connectivity index (χ3v) is 4.54. The van der Waals surface area contributed by atoms with Crippen LogP contribution in [0.15, 0.2) is 12.7 Å². The van der Waals surface area contributed by atoms with E-state index in [1.807, 2.05) is 20.8 Å². The van der Waals surface area contributed by atoms with Gasteiger partial charge in [-0.2, -0.15) is 0 Å². The monoisotopic (exact) mass is 238 g/mol. The molecule has 0 spiro atoms. The van der Waals surface area contributed by atoms with Crippen LogP contribution < -0.4 is 11.1 Å². The molecule has 0 bridgehead atoms. The highest BCUT2D eigenvalue weighted by Crippen LogP contribution is 2.58. The number of hydrogen-bond donors (Lipinski definition) is 2. The number of nitrogens with two attached hydrogens (primary N) is 1. The molecule has 0 aromatic heterocycles. The molecular formula is C13H22N2O2. The average molecular weight is 238 g/mol. The molecule has 4 unspecified atom stereocenters. The zero-order valence-corrected chi connectivity index (χ0v) is 10.8. The van der Waals surface area contributed by atoms with Crippen LogP contribution in [0.4, 0.5) is 0 Å². The molecule has 1 aliphatic heterocycles. The summed E-state index contributed by atoms with van der Waals surface area (Å²) in [5, 5.41) is 2.90. The third kappa shape index (κ3) is 1.47. The van der Waals surface area contributed by atoms with Crippen molar-refractivity contribution in [3.63, 3.8) is 0 Å². The zero-order valence-electron chi connectivity index (χ0n) is 10.8. The van der Waals surface area contributed by atoms with E-state index in [1.165, 1.54) is 0 Å². The van der Waals surface area contributed by atoms with Gasteiger partial charge in [-0.1, -0.05) is 19.9 Å². The molecule has 2 aliphatic rings. The van der Waals surface area contributed by atoms with Crippen molar-refractivity contribution >= 4 is 5.91 Å². The molecule has 0 radical (unpaired) electrons. The summed E-state index contributed by atoms with van der Waals surface area (Å²) < 4.78 is 5.66. The van der Waals surface area contributed by atoms with E-state index >= 15 is 0 Å². The lowest BCUT2D eigenvalue weighted by molar-refractivity contribution is -0.175. The molecule has 1 amide bonds. The Kier molecular flexibility index (Phi) is 2.83. The number of carbonyl (C=O) groups excluding carboxylic acids is 1. The largest absolute Gasteiger partial charge is 0.377 e. The molecule has 4 atom stereocenters. The number of nitrogens with one attached hydrogen (secondary N) is 1. The molecule has 2 rings (SSSR count). The number of ether oxygens (including phenoxy) is 1. The Balaban J connectivity index is 2.18. The maximum atomic E-state index is 12.3. The Hall–Kier alpha value is -0.870. The quantitative estimate of drug-likeness (QED) is 0.715. The molecule has 96 valence electrons. The molecule has 1 aliphatic carbocycles. The molecule has 1 saturated heterocycles. The van der Waals surface area contributed by atoms with E-state index in [-0.39, 0.29) is 29.4 Å². The van der Waals surface area contributed by atoms with Crippen molar-refractivity contribution in [2.75, 3.05) is 6.61 Å². The zero-order chi connectivity index (χ0) is 12.8. The van der Waals surface area contributed by atoms with E-state index in [1.54, 1.807) is 6.08 Å². The Morgan fingerprint density at radius 1 is 1.65 bits per heavy atom. The fourth-order valence-electron chi connectivity index (χ4n) is 3.23. The molecule has 2 fully saturated rings. The van der Waals surface area contributed by atoms with Gasteiger partial charge in [0.15, 0.2) is 0 Å². The molecule has 0 aromatic rings. The second kappa shape index (κ2) is 3.82. The molecule has 3 N–H and O–H groups in total. The van der Waals surface area contributed by atoms with Gasteiger partial charge < -0.3 is 15.8 Å². The summed E-state index contributed by atoms with van der Waals surface area (Å²) in [6, 6.07) is -0.0555. The lowest BCUT2D eigenvalue weighted by atomic mass is 9.48.